The molecule has 2 aromatic carbocycles. The first kappa shape index (κ1) is 20.2. The Kier molecular flexibility index (Phi) is 5.59. The number of nitrogens with zero attached hydrogens (tertiary/aromatic N) is 2. The number of benzene rings is 2. The van der Waals surface area contributed by atoms with Gasteiger partial charge in [-0.2, -0.15) is 0 Å². The van der Waals surface area contributed by atoms with Crippen molar-refractivity contribution in [3.8, 4) is 0 Å². The van der Waals surface area contributed by atoms with Crippen LogP contribution >= 0.6 is 0 Å². The number of carbonyl (C=O) groups excluding carboxylic acids is 3. The number of anilines is 1. The van der Waals surface area contributed by atoms with Gasteiger partial charge in [0, 0.05) is 24.7 Å². The smallest absolute Gasteiger partial charge is 0.253 e. The second-order valence-corrected chi connectivity index (χ2v) is 7.54. The number of amides is 3. The minimum atomic E-state index is -0.641. The second kappa shape index (κ2) is 8.31. The number of nitrogens with one attached hydrogen (secondary N) is 1. The first-order valence-corrected chi connectivity index (χ1v) is 9.85. The van der Waals surface area contributed by atoms with Crippen molar-refractivity contribution in [3.05, 3.63) is 65.7 Å². The fourth-order valence-electron chi connectivity index (χ4n) is 3.96. The highest BCUT2D eigenvalue weighted by Gasteiger charge is 2.40. The summed E-state index contributed by atoms with van der Waals surface area (Å²) >= 11 is 0. The van der Waals surface area contributed by atoms with Gasteiger partial charge in [0.1, 0.15) is 11.6 Å². The molecule has 0 aliphatic carbocycles. The molecule has 0 aromatic heterocycles. The summed E-state index contributed by atoms with van der Waals surface area (Å²) in [5.41, 5.74) is 0.666. The van der Waals surface area contributed by atoms with Crippen molar-refractivity contribution in [1.29, 1.82) is 0 Å². The van der Waals surface area contributed by atoms with Gasteiger partial charge in [-0.15, -0.1) is 0 Å². The second-order valence-electron chi connectivity index (χ2n) is 7.54. The van der Waals surface area contributed by atoms with Crippen LogP contribution in [0.3, 0.4) is 0 Å². The molecule has 0 spiro atoms. The molecule has 1 unspecified atom stereocenters. The van der Waals surface area contributed by atoms with Gasteiger partial charge >= 0.3 is 0 Å². The van der Waals surface area contributed by atoms with Gasteiger partial charge in [-0.25, -0.2) is 13.7 Å². The molecule has 4 rings (SSSR count). The van der Waals surface area contributed by atoms with Gasteiger partial charge in [-0.1, -0.05) is 6.07 Å². The third-order valence-corrected chi connectivity index (χ3v) is 5.52. The first-order chi connectivity index (χ1) is 14.4. The molecule has 156 valence electrons. The molecule has 2 aliphatic heterocycles. The van der Waals surface area contributed by atoms with E-state index in [4.69, 9.17) is 0 Å². The maximum atomic E-state index is 13.4. The highest BCUT2D eigenvalue weighted by atomic mass is 19.1. The SMILES string of the molecule is O=C(c1cccc(F)c1)N1CCC(NC2CC(=O)N(c3ccc(F)cc3)C2=O)CC1. The number of halogens is 2. The minimum absolute atomic E-state index is 0.0172. The van der Waals surface area contributed by atoms with E-state index in [1.54, 1.807) is 11.0 Å². The Morgan fingerprint density at radius 2 is 1.67 bits per heavy atom. The maximum absolute atomic E-state index is 13.4. The topological polar surface area (TPSA) is 69.7 Å². The number of hydrogen-bond donors (Lipinski definition) is 1. The predicted molar refractivity (Wildman–Crippen MR) is 106 cm³/mol. The lowest BCUT2D eigenvalue weighted by Crippen LogP contribution is -2.49. The van der Waals surface area contributed by atoms with Crippen LogP contribution in [0.25, 0.3) is 0 Å². The Morgan fingerprint density at radius 3 is 2.33 bits per heavy atom. The molecular formula is C22H21F2N3O3. The summed E-state index contributed by atoms with van der Waals surface area (Å²) in [5, 5.41) is 3.23. The average molecular weight is 413 g/mol. The summed E-state index contributed by atoms with van der Waals surface area (Å²) in [6, 6.07) is 10.2. The Labute approximate surface area is 172 Å². The zero-order valence-electron chi connectivity index (χ0n) is 16.2. The van der Waals surface area contributed by atoms with Crippen LogP contribution in [0.15, 0.2) is 48.5 Å². The molecule has 0 saturated carbocycles. The summed E-state index contributed by atoms with van der Waals surface area (Å²) in [5.74, 6) is -1.80. The van der Waals surface area contributed by atoms with E-state index in [0.717, 1.165) is 4.90 Å². The van der Waals surface area contributed by atoms with Gasteiger partial charge < -0.3 is 10.2 Å². The third kappa shape index (κ3) is 4.09. The Bertz CT molecular complexity index is 972. The standard InChI is InChI=1S/C22H21F2N3O3/c23-15-4-6-18(7-5-15)27-20(28)13-19(22(27)30)25-17-8-10-26(11-9-17)21(29)14-2-1-3-16(24)12-14/h1-7,12,17,19,25H,8-11,13H2. The highest BCUT2D eigenvalue weighted by molar-refractivity contribution is 6.22. The normalized spacial score (nSPS) is 20.1. The van der Waals surface area contributed by atoms with Crippen LogP contribution in [0.2, 0.25) is 0 Å². The molecule has 6 nitrogen and oxygen atoms in total. The molecule has 2 saturated heterocycles. The summed E-state index contributed by atoms with van der Waals surface area (Å²) in [6.45, 7) is 0.951. The van der Waals surface area contributed by atoms with Crippen molar-refractivity contribution >= 4 is 23.4 Å². The Hall–Kier alpha value is -3.13. The van der Waals surface area contributed by atoms with E-state index in [-0.39, 0.29) is 30.2 Å². The number of piperidine rings is 1. The van der Waals surface area contributed by atoms with Crippen molar-refractivity contribution in [2.75, 3.05) is 18.0 Å². The van der Waals surface area contributed by atoms with Crippen molar-refractivity contribution < 1.29 is 23.2 Å². The summed E-state index contributed by atoms with van der Waals surface area (Å²) < 4.78 is 26.5. The number of carbonyl (C=O) groups is 3. The summed E-state index contributed by atoms with van der Waals surface area (Å²) in [4.78, 5) is 40.3. The van der Waals surface area contributed by atoms with Gasteiger partial charge in [0.15, 0.2) is 0 Å². The highest BCUT2D eigenvalue weighted by Crippen LogP contribution is 2.24. The molecule has 8 heteroatoms. The Morgan fingerprint density at radius 1 is 0.967 bits per heavy atom. The Balaban J connectivity index is 1.34. The van der Waals surface area contributed by atoms with E-state index in [1.807, 2.05) is 0 Å². The van der Waals surface area contributed by atoms with E-state index in [9.17, 15) is 23.2 Å². The van der Waals surface area contributed by atoms with Gasteiger partial charge in [0.2, 0.25) is 5.91 Å². The molecule has 1 atom stereocenters. The fourth-order valence-corrected chi connectivity index (χ4v) is 3.96. The van der Waals surface area contributed by atoms with Crippen molar-refractivity contribution in [3.63, 3.8) is 0 Å². The molecule has 3 amide bonds. The molecule has 2 fully saturated rings. The monoisotopic (exact) mass is 413 g/mol. The molecule has 2 aromatic rings. The van der Waals surface area contributed by atoms with Gasteiger partial charge in [-0.3, -0.25) is 14.4 Å². The first-order valence-electron chi connectivity index (χ1n) is 9.85. The molecule has 0 radical (unpaired) electrons. The van der Waals surface area contributed by atoms with Crippen molar-refractivity contribution in [2.45, 2.75) is 31.3 Å². The molecule has 1 N–H and O–H groups in total. The van der Waals surface area contributed by atoms with Crippen LogP contribution < -0.4 is 10.2 Å². The largest absolute Gasteiger partial charge is 0.339 e. The maximum Gasteiger partial charge on any atom is 0.253 e. The van der Waals surface area contributed by atoms with Crippen LogP contribution in [0.1, 0.15) is 29.6 Å². The molecular weight excluding hydrogens is 392 g/mol. The zero-order valence-corrected chi connectivity index (χ0v) is 16.2. The average Bonchev–Trinajstić information content (AvgIpc) is 3.02. The fraction of sp³-hybridized carbons (Fsp3) is 0.318. The number of hydrogen-bond acceptors (Lipinski definition) is 4. The van der Waals surface area contributed by atoms with E-state index in [1.165, 1.54) is 42.5 Å². The zero-order chi connectivity index (χ0) is 21.3. The van der Waals surface area contributed by atoms with Gasteiger partial charge in [-0.05, 0) is 55.3 Å². The summed E-state index contributed by atoms with van der Waals surface area (Å²) in [7, 11) is 0. The lowest BCUT2D eigenvalue weighted by molar-refractivity contribution is -0.121. The number of rotatable bonds is 4. The molecule has 0 bridgehead atoms. The van der Waals surface area contributed by atoms with E-state index in [2.05, 4.69) is 5.32 Å². The predicted octanol–water partition coefficient (Wildman–Crippen LogP) is 2.49. The van der Waals surface area contributed by atoms with Crippen LogP contribution in [-0.4, -0.2) is 47.8 Å². The van der Waals surface area contributed by atoms with Crippen LogP contribution in [0.5, 0.6) is 0 Å². The van der Waals surface area contributed by atoms with E-state index < -0.39 is 17.7 Å². The van der Waals surface area contributed by atoms with Crippen LogP contribution in [0, 0.1) is 11.6 Å². The number of likely N-dealkylation sites (tertiary alicyclic amines) is 1. The van der Waals surface area contributed by atoms with Crippen molar-refractivity contribution in [2.24, 2.45) is 0 Å². The third-order valence-electron chi connectivity index (χ3n) is 5.52. The molecule has 2 aliphatic rings. The van der Waals surface area contributed by atoms with Gasteiger partial charge in [0.05, 0.1) is 18.2 Å². The lowest BCUT2D eigenvalue weighted by Gasteiger charge is -2.33. The lowest BCUT2D eigenvalue weighted by atomic mass is 10.0. The molecule has 2 heterocycles. The molecule has 30 heavy (non-hydrogen) atoms. The van der Waals surface area contributed by atoms with Gasteiger partial charge in [0.25, 0.3) is 11.8 Å². The quantitative estimate of drug-likeness (QED) is 0.782. The summed E-state index contributed by atoms with van der Waals surface area (Å²) in [6.07, 6.45) is 1.28. The van der Waals surface area contributed by atoms with Crippen LogP contribution in [-0.2, 0) is 9.59 Å². The van der Waals surface area contributed by atoms with E-state index in [0.29, 0.717) is 37.2 Å². The minimum Gasteiger partial charge on any atom is -0.339 e. The van der Waals surface area contributed by atoms with Crippen molar-refractivity contribution in [1.82, 2.24) is 10.2 Å². The number of imide groups is 1. The van der Waals surface area contributed by atoms with Crippen LogP contribution in [0.4, 0.5) is 14.5 Å². The van der Waals surface area contributed by atoms with E-state index >= 15 is 0 Å².